The van der Waals surface area contributed by atoms with Crippen LogP contribution in [0.5, 0.6) is 5.75 Å². The normalized spacial score (nSPS) is 11.1. The summed E-state index contributed by atoms with van der Waals surface area (Å²) in [5, 5.41) is 16.9. The minimum Gasteiger partial charge on any atom is -0.489 e. The molecule has 0 unspecified atom stereocenters. The van der Waals surface area contributed by atoms with Crippen LogP contribution < -0.4 is 10.1 Å². The molecule has 2 aromatic carbocycles. The van der Waals surface area contributed by atoms with Crippen molar-refractivity contribution in [3.05, 3.63) is 59.1 Å². The predicted molar refractivity (Wildman–Crippen MR) is 113 cm³/mol. The molecule has 0 aliphatic rings. The summed E-state index contributed by atoms with van der Waals surface area (Å²) in [6, 6.07) is 15.8. The number of nitrogens with one attached hydrogen (secondary N) is 1. The lowest BCUT2D eigenvalue weighted by Gasteiger charge is -2.12. The number of halogens is 1. The topological polar surface area (TPSA) is 64.9 Å². The summed E-state index contributed by atoms with van der Waals surface area (Å²) in [7, 11) is 0. The van der Waals surface area contributed by atoms with Crippen LogP contribution in [0.15, 0.2) is 53.7 Å². The molecule has 0 bridgehead atoms. The van der Waals surface area contributed by atoms with Gasteiger partial charge in [0.05, 0.1) is 16.8 Å². The van der Waals surface area contributed by atoms with Gasteiger partial charge in [-0.05, 0) is 67.1 Å². The zero-order chi connectivity index (χ0) is 19.8. The average Bonchev–Trinajstić information content (AvgIpc) is 3.15. The number of aromatic nitrogens is 4. The Kier molecular flexibility index (Phi) is 7.71. The molecule has 148 valence electrons. The minimum absolute atomic E-state index is 0.113. The second-order valence-electron chi connectivity index (χ2n) is 6.52. The molecule has 3 aromatic rings. The maximum atomic E-state index is 6.28. The summed E-state index contributed by atoms with van der Waals surface area (Å²) >= 11 is 7.94. The third kappa shape index (κ3) is 5.95. The molecule has 0 spiro atoms. The monoisotopic (exact) mass is 417 g/mol. The summed E-state index contributed by atoms with van der Waals surface area (Å²) in [5.41, 5.74) is 2.11. The van der Waals surface area contributed by atoms with E-state index in [1.807, 2.05) is 62.4 Å². The molecule has 3 rings (SSSR count). The Bertz CT molecular complexity index is 872. The highest BCUT2D eigenvalue weighted by Crippen LogP contribution is 2.26. The lowest BCUT2D eigenvalue weighted by Crippen LogP contribution is -2.15. The largest absolute Gasteiger partial charge is 0.489 e. The van der Waals surface area contributed by atoms with Crippen LogP contribution in [0.3, 0.4) is 0 Å². The Morgan fingerprint density at radius 1 is 1.18 bits per heavy atom. The van der Waals surface area contributed by atoms with E-state index >= 15 is 0 Å². The smallest absolute Gasteiger partial charge is 0.214 e. The van der Waals surface area contributed by atoms with Gasteiger partial charge >= 0.3 is 0 Å². The van der Waals surface area contributed by atoms with E-state index in [0.29, 0.717) is 5.02 Å². The van der Waals surface area contributed by atoms with Crippen molar-refractivity contribution in [1.82, 2.24) is 25.5 Å². The van der Waals surface area contributed by atoms with Gasteiger partial charge in [0, 0.05) is 12.3 Å². The van der Waals surface area contributed by atoms with E-state index in [2.05, 4.69) is 20.8 Å². The Labute approximate surface area is 174 Å². The molecule has 0 saturated heterocycles. The number of nitrogens with zero attached hydrogens (tertiary/aromatic N) is 4. The summed E-state index contributed by atoms with van der Waals surface area (Å²) in [6.07, 6.45) is 1.12. The second-order valence-corrected chi connectivity index (χ2v) is 7.99. The van der Waals surface area contributed by atoms with Crippen molar-refractivity contribution in [2.45, 2.75) is 38.1 Å². The number of rotatable bonds is 10. The molecule has 0 fully saturated rings. The fourth-order valence-electron chi connectivity index (χ4n) is 2.60. The summed E-state index contributed by atoms with van der Waals surface area (Å²) in [6.45, 7) is 5.65. The predicted octanol–water partition coefficient (Wildman–Crippen LogP) is 4.37. The number of para-hydroxylation sites is 1. The number of ether oxygens (including phenoxy) is 1. The summed E-state index contributed by atoms with van der Waals surface area (Å²) < 4.78 is 7.43. The first kappa shape index (κ1) is 20.6. The van der Waals surface area contributed by atoms with Gasteiger partial charge in [-0.25, -0.2) is 0 Å². The van der Waals surface area contributed by atoms with Crippen molar-refractivity contribution in [3.63, 3.8) is 0 Å². The third-order valence-corrected chi connectivity index (χ3v) is 5.16. The summed E-state index contributed by atoms with van der Waals surface area (Å²) in [4.78, 5) is 0. The standard InChI is InChI=1S/C20H24ClN5OS/c1-15(2)27-19-10-9-16(13-18(19)21)14-22-11-6-12-28-20-23-24-25-26(20)17-7-4-3-5-8-17/h3-5,7-10,13,15,22H,6,11-12,14H2,1-2H3. The van der Waals surface area contributed by atoms with E-state index in [4.69, 9.17) is 16.3 Å². The van der Waals surface area contributed by atoms with E-state index in [0.717, 1.165) is 47.4 Å². The molecular formula is C20H24ClN5OS. The van der Waals surface area contributed by atoms with E-state index in [9.17, 15) is 0 Å². The number of tetrazole rings is 1. The molecule has 0 aliphatic carbocycles. The van der Waals surface area contributed by atoms with Gasteiger partial charge in [-0.3, -0.25) is 0 Å². The first-order valence-corrected chi connectivity index (χ1v) is 10.6. The van der Waals surface area contributed by atoms with Gasteiger partial charge in [-0.1, -0.05) is 47.6 Å². The van der Waals surface area contributed by atoms with Crippen LogP contribution in [0.4, 0.5) is 0 Å². The van der Waals surface area contributed by atoms with E-state index in [1.54, 1.807) is 16.4 Å². The van der Waals surface area contributed by atoms with Crippen molar-refractivity contribution in [2.75, 3.05) is 12.3 Å². The molecule has 1 aromatic heterocycles. The van der Waals surface area contributed by atoms with Crippen molar-refractivity contribution in [1.29, 1.82) is 0 Å². The minimum atomic E-state index is 0.113. The Hall–Kier alpha value is -2.09. The molecule has 0 atom stereocenters. The maximum absolute atomic E-state index is 6.28. The van der Waals surface area contributed by atoms with E-state index < -0.39 is 0 Å². The highest BCUT2D eigenvalue weighted by Gasteiger charge is 2.08. The van der Waals surface area contributed by atoms with Gasteiger partial charge in [0.1, 0.15) is 5.75 Å². The fourth-order valence-corrected chi connectivity index (χ4v) is 3.67. The molecule has 6 nitrogen and oxygen atoms in total. The average molecular weight is 418 g/mol. The molecule has 0 radical (unpaired) electrons. The first-order valence-electron chi connectivity index (χ1n) is 9.26. The van der Waals surface area contributed by atoms with E-state index in [-0.39, 0.29) is 6.10 Å². The van der Waals surface area contributed by atoms with Crippen molar-refractivity contribution >= 4 is 23.4 Å². The molecule has 8 heteroatoms. The maximum Gasteiger partial charge on any atom is 0.214 e. The van der Waals surface area contributed by atoms with Gasteiger partial charge in [0.25, 0.3) is 0 Å². The van der Waals surface area contributed by atoms with E-state index in [1.165, 1.54) is 0 Å². The first-order chi connectivity index (χ1) is 13.6. The van der Waals surface area contributed by atoms with Gasteiger partial charge in [0.15, 0.2) is 0 Å². The number of benzene rings is 2. The number of hydrogen-bond acceptors (Lipinski definition) is 6. The third-order valence-electron chi connectivity index (χ3n) is 3.86. The fraction of sp³-hybridized carbons (Fsp3) is 0.350. The lowest BCUT2D eigenvalue weighted by molar-refractivity contribution is 0.242. The van der Waals surface area contributed by atoms with Crippen LogP contribution in [0.25, 0.3) is 5.69 Å². The Morgan fingerprint density at radius 3 is 2.75 bits per heavy atom. The van der Waals surface area contributed by atoms with Crippen LogP contribution in [-0.2, 0) is 6.54 Å². The zero-order valence-corrected chi connectivity index (χ0v) is 17.6. The van der Waals surface area contributed by atoms with Crippen LogP contribution >= 0.6 is 23.4 Å². The van der Waals surface area contributed by atoms with Crippen LogP contribution in [-0.4, -0.2) is 38.6 Å². The van der Waals surface area contributed by atoms with Crippen molar-refractivity contribution in [3.8, 4) is 11.4 Å². The van der Waals surface area contributed by atoms with Crippen molar-refractivity contribution in [2.24, 2.45) is 0 Å². The molecule has 28 heavy (non-hydrogen) atoms. The molecule has 0 aliphatic heterocycles. The molecular weight excluding hydrogens is 394 g/mol. The SMILES string of the molecule is CC(C)Oc1ccc(CNCCCSc2nnnn2-c2ccccc2)cc1Cl. The van der Waals surface area contributed by atoms with Crippen LogP contribution in [0.1, 0.15) is 25.8 Å². The Balaban J connectivity index is 1.39. The van der Waals surface area contributed by atoms with Gasteiger partial charge < -0.3 is 10.1 Å². The highest BCUT2D eigenvalue weighted by molar-refractivity contribution is 7.99. The molecule has 1 N–H and O–H groups in total. The molecule has 1 heterocycles. The zero-order valence-electron chi connectivity index (χ0n) is 16.0. The highest BCUT2D eigenvalue weighted by atomic mass is 35.5. The van der Waals surface area contributed by atoms with Crippen molar-refractivity contribution < 1.29 is 4.74 Å². The number of hydrogen-bond donors (Lipinski definition) is 1. The second kappa shape index (κ2) is 10.5. The van der Waals surface area contributed by atoms with Crippen LogP contribution in [0.2, 0.25) is 5.02 Å². The summed E-state index contributed by atoms with van der Waals surface area (Å²) in [5.74, 6) is 1.66. The Morgan fingerprint density at radius 2 is 2.00 bits per heavy atom. The van der Waals surface area contributed by atoms with Crippen LogP contribution in [0, 0.1) is 0 Å². The van der Waals surface area contributed by atoms with Gasteiger partial charge in [-0.2, -0.15) is 4.68 Å². The lowest BCUT2D eigenvalue weighted by atomic mass is 10.2. The van der Waals surface area contributed by atoms with Gasteiger partial charge in [0.2, 0.25) is 5.16 Å². The molecule has 0 amide bonds. The molecule has 0 saturated carbocycles. The quantitative estimate of drug-likeness (QED) is 0.390. The van der Waals surface area contributed by atoms with Gasteiger partial charge in [-0.15, -0.1) is 5.10 Å². The number of thioether (sulfide) groups is 1.